The van der Waals surface area contributed by atoms with Crippen LogP contribution in [0.25, 0.3) is 0 Å². The van der Waals surface area contributed by atoms with Crippen LogP contribution in [0.4, 0.5) is 5.69 Å². The third-order valence-electron chi connectivity index (χ3n) is 4.20. The topological polar surface area (TPSA) is 90.8 Å². The molecule has 0 unspecified atom stereocenters. The van der Waals surface area contributed by atoms with E-state index in [2.05, 4.69) is 47.7 Å². The predicted molar refractivity (Wildman–Crippen MR) is 124 cm³/mol. The molecule has 2 amide bonds. The van der Waals surface area contributed by atoms with E-state index in [0.29, 0.717) is 26.9 Å². The van der Waals surface area contributed by atoms with Crippen LogP contribution in [0.5, 0.6) is 5.75 Å². The fraction of sp³-hybridized carbons (Fsp3) is 0.0455. The Labute approximate surface area is 190 Å². The van der Waals surface area contributed by atoms with Gasteiger partial charge in [0.25, 0.3) is 11.8 Å². The zero-order chi connectivity index (χ0) is 21.7. The van der Waals surface area contributed by atoms with E-state index in [4.69, 9.17) is 0 Å². The van der Waals surface area contributed by atoms with Crippen molar-refractivity contribution in [2.24, 2.45) is 5.10 Å². The number of phenolic OH excluding ortho intramolecular Hbond substituents is 1. The fourth-order valence-corrected chi connectivity index (χ4v) is 3.93. The molecule has 0 spiro atoms. The normalized spacial score (nSPS) is 10.8. The number of carbonyl (C=O) groups is 2. The first-order valence-corrected chi connectivity index (χ1v) is 10.4. The highest BCUT2D eigenvalue weighted by atomic mass is 79.9. The molecule has 3 rings (SSSR count). The van der Waals surface area contributed by atoms with Gasteiger partial charge in [-0.2, -0.15) is 5.10 Å². The summed E-state index contributed by atoms with van der Waals surface area (Å²) in [6, 6.07) is 17.2. The van der Waals surface area contributed by atoms with E-state index < -0.39 is 5.91 Å². The van der Waals surface area contributed by atoms with Gasteiger partial charge < -0.3 is 10.4 Å². The number of hydrazone groups is 1. The maximum atomic E-state index is 12.5. The molecule has 152 valence electrons. The lowest BCUT2D eigenvalue weighted by molar-refractivity contribution is 0.0953. The highest BCUT2D eigenvalue weighted by Gasteiger charge is 2.11. The summed E-state index contributed by atoms with van der Waals surface area (Å²) in [4.78, 5) is 24.9. The first kappa shape index (κ1) is 21.7. The predicted octanol–water partition coefficient (Wildman–Crippen LogP) is 5.24. The summed E-state index contributed by atoms with van der Waals surface area (Å²) in [7, 11) is 0. The molecule has 0 aliphatic rings. The number of hydrogen-bond donors (Lipinski definition) is 3. The third-order valence-corrected chi connectivity index (χ3v) is 5.26. The van der Waals surface area contributed by atoms with Crippen LogP contribution in [-0.4, -0.2) is 23.1 Å². The van der Waals surface area contributed by atoms with Gasteiger partial charge in [-0.25, -0.2) is 5.43 Å². The van der Waals surface area contributed by atoms with E-state index in [0.717, 1.165) is 10.0 Å². The quantitative estimate of drug-likeness (QED) is 0.311. The van der Waals surface area contributed by atoms with Gasteiger partial charge in [0.2, 0.25) is 0 Å². The van der Waals surface area contributed by atoms with Gasteiger partial charge in [-0.15, -0.1) is 0 Å². The summed E-state index contributed by atoms with van der Waals surface area (Å²) < 4.78 is 1.25. The van der Waals surface area contributed by atoms with Gasteiger partial charge in [-0.1, -0.05) is 40.2 Å². The second-order valence-electron chi connectivity index (χ2n) is 6.37. The van der Waals surface area contributed by atoms with Crippen LogP contribution in [0.3, 0.4) is 0 Å². The molecule has 0 aliphatic heterocycles. The minimum Gasteiger partial charge on any atom is -0.506 e. The molecular formula is C22H17Br2N3O3. The number of nitrogens with zero attached hydrogens (tertiary/aromatic N) is 1. The van der Waals surface area contributed by atoms with Crippen LogP contribution >= 0.6 is 31.9 Å². The van der Waals surface area contributed by atoms with Gasteiger partial charge >= 0.3 is 0 Å². The largest absolute Gasteiger partial charge is 0.506 e. The number of benzene rings is 3. The standard InChI is InChI=1S/C22H17Br2N3O3/c1-13-5-2-3-8-18(13)22(30)26-17-7-4-6-14(10-17)21(29)27-25-12-15-9-16(23)11-19(24)20(15)28/h2-12,28H,1H3,(H,26,30)(H,27,29). The van der Waals surface area contributed by atoms with Crippen molar-refractivity contribution >= 4 is 55.6 Å². The molecule has 3 aromatic carbocycles. The molecule has 0 fully saturated rings. The molecule has 0 atom stereocenters. The van der Waals surface area contributed by atoms with Crippen LogP contribution in [-0.2, 0) is 0 Å². The summed E-state index contributed by atoms with van der Waals surface area (Å²) in [6.45, 7) is 1.86. The maximum Gasteiger partial charge on any atom is 0.271 e. The Bertz CT molecular complexity index is 1150. The lowest BCUT2D eigenvalue weighted by Crippen LogP contribution is -2.18. The Morgan fingerprint density at radius 1 is 1.00 bits per heavy atom. The Morgan fingerprint density at radius 2 is 1.77 bits per heavy atom. The maximum absolute atomic E-state index is 12.5. The highest BCUT2D eigenvalue weighted by Crippen LogP contribution is 2.30. The van der Waals surface area contributed by atoms with Crippen molar-refractivity contribution in [1.29, 1.82) is 0 Å². The van der Waals surface area contributed by atoms with E-state index >= 15 is 0 Å². The molecule has 0 heterocycles. The van der Waals surface area contributed by atoms with E-state index in [-0.39, 0.29) is 11.7 Å². The van der Waals surface area contributed by atoms with Crippen molar-refractivity contribution in [3.8, 4) is 5.75 Å². The first-order chi connectivity index (χ1) is 14.3. The number of amides is 2. The molecule has 30 heavy (non-hydrogen) atoms. The van der Waals surface area contributed by atoms with E-state index in [1.807, 2.05) is 19.1 Å². The number of aryl methyl sites for hydroxylation is 1. The van der Waals surface area contributed by atoms with Crippen LogP contribution in [0.2, 0.25) is 0 Å². The number of hydrogen-bond acceptors (Lipinski definition) is 4. The van der Waals surface area contributed by atoms with Gasteiger partial charge in [-0.3, -0.25) is 9.59 Å². The number of nitrogens with one attached hydrogen (secondary N) is 2. The second-order valence-corrected chi connectivity index (χ2v) is 8.14. The van der Waals surface area contributed by atoms with Gasteiger partial charge in [0, 0.05) is 26.9 Å². The Kier molecular flexibility index (Phi) is 7.02. The molecule has 0 saturated carbocycles. The molecule has 0 bridgehead atoms. The van der Waals surface area contributed by atoms with Gasteiger partial charge in [0.15, 0.2) is 0 Å². The van der Waals surface area contributed by atoms with E-state index in [1.54, 1.807) is 48.5 Å². The lowest BCUT2D eigenvalue weighted by Gasteiger charge is -2.09. The van der Waals surface area contributed by atoms with Crippen LogP contribution < -0.4 is 10.7 Å². The summed E-state index contributed by atoms with van der Waals surface area (Å²) in [6.07, 6.45) is 1.34. The number of halogens is 2. The van der Waals surface area contributed by atoms with Crippen molar-refractivity contribution < 1.29 is 14.7 Å². The first-order valence-electron chi connectivity index (χ1n) is 8.83. The molecule has 0 saturated heterocycles. The smallest absolute Gasteiger partial charge is 0.271 e. The Balaban J connectivity index is 1.69. The summed E-state index contributed by atoms with van der Waals surface area (Å²) >= 11 is 6.57. The lowest BCUT2D eigenvalue weighted by atomic mass is 10.1. The SMILES string of the molecule is Cc1ccccc1C(=O)Nc1cccc(C(=O)NN=Cc2cc(Br)cc(Br)c2O)c1. The van der Waals surface area contributed by atoms with Crippen molar-refractivity contribution in [2.75, 3.05) is 5.32 Å². The van der Waals surface area contributed by atoms with Crippen molar-refractivity contribution in [3.05, 3.63) is 91.9 Å². The molecule has 8 heteroatoms. The van der Waals surface area contributed by atoms with Gasteiger partial charge in [-0.05, 0) is 64.8 Å². The second kappa shape index (κ2) is 9.69. The number of rotatable bonds is 5. The van der Waals surface area contributed by atoms with E-state index in [1.165, 1.54) is 6.21 Å². The average Bonchev–Trinajstić information content (AvgIpc) is 2.71. The molecule has 0 aliphatic carbocycles. The summed E-state index contributed by atoms with van der Waals surface area (Å²) in [5, 5.41) is 16.7. The number of phenols is 1. The molecule has 0 aromatic heterocycles. The van der Waals surface area contributed by atoms with Crippen LogP contribution in [0.15, 0.2) is 74.7 Å². The summed E-state index contributed by atoms with van der Waals surface area (Å²) in [5.74, 6) is -0.691. The minimum atomic E-state index is -0.452. The number of carbonyl (C=O) groups excluding carboxylic acids is 2. The average molecular weight is 531 g/mol. The monoisotopic (exact) mass is 529 g/mol. The highest BCUT2D eigenvalue weighted by molar-refractivity contribution is 9.11. The molecular weight excluding hydrogens is 514 g/mol. The molecule has 0 radical (unpaired) electrons. The number of anilines is 1. The molecule has 6 nitrogen and oxygen atoms in total. The fourth-order valence-electron chi connectivity index (χ4n) is 2.67. The van der Waals surface area contributed by atoms with Crippen molar-refractivity contribution in [1.82, 2.24) is 5.43 Å². The van der Waals surface area contributed by atoms with Crippen LogP contribution in [0, 0.1) is 6.92 Å². The zero-order valence-corrected chi connectivity index (χ0v) is 19.0. The van der Waals surface area contributed by atoms with Gasteiger partial charge in [0.1, 0.15) is 5.75 Å². The summed E-state index contributed by atoms with van der Waals surface area (Å²) in [5.41, 5.74) is 5.09. The Morgan fingerprint density at radius 3 is 2.53 bits per heavy atom. The number of aromatic hydroxyl groups is 1. The molecule has 3 N–H and O–H groups in total. The minimum absolute atomic E-state index is 0.0112. The van der Waals surface area contributed by atoms with Crippen LogP contribution in [0.1, 0.15) is 31.8 Å². The zero-order valence-electron chi connectivity index (χ0n) is 15.8. The van der Waals surface area contributed by atoms with Crippen molar-refractivity contribution in [2.45, 2.75) is 6.92 Å². The van der Waals surface area contributed by atoms with E-state index in [9.17, 15) is 14.7 Å². The Hall–Kier alpha value is -2.97. The van der Waals surface area contributed by atoms with Crippen molar-refractivity contribution in [3.63, 3.8) is 0 Å². The van der Waals surface area contributed by atoms with Gasteiger partial charge in [0.05, 0.1) is 10.7 Å². The molecule has 3 aromatic rings. The third kappa shape index (κ3) is 5.34.